The van der Waals surface area contributed by atoms with Crippen LogP contribution in [0, 0.1) is 6.92 Å². The van der Waals surface area contributed by atoms with Crippen molar-refractivity contribution in [1.82, 2.24) is 15.2 Å². The lowest BCUT2D eigenvalue weighted by Gasteiger charge is -2.21. The average molecular weight is 416 g/mol. The number of aryl methyl sites for hydroxylation is 1. The summed E-state index contributed by atoms with van der Waals surface area (Å²) in [6.45, 7) is 6.48. The van der Waals surface area contributed by atoms with Gasteiger partial charge < -0.3 is 5.32 Å². The van der Waals surface area contributed by atoms with Gasteiger partial charge in [-0.3, -0.25) is 4.90 Å². The van der Waals surface area contributed by atoms with Crippen LogP contribution in [0.2, 0.25) is 0 Å². The third-order valence-electron chi connectivity index (χ3n) is 6.58. The fraction of sp³-hybridized carbons (Fsp3) is 0.464. The summed E-state index contributed by atoms with van der Waals surface area (Å²) >= 11 is 0. The molecule has 1 aliphatic heterocycles. The van der Waals surface area contributed by atoms with E-state index in [0.29, 0.717) is 6.04 Å². The molecule has 3 heteroatoms. The van der Waals surface area contributed by atoms with Crippen molar-refractivity contribution < 1.29 is 0 Å². The van der Waals surface area contributed by atoms with Crippen molar-refractivity contribution in [1.29, 1.82) is 0 Å². The molecule has 1 aliphatic carbocycles. The predicted molar refractivity (Wildman–Crippen MR) is 132 cm³/mol. The Hall–Kier alpha value is -2.23. The number of hydrogen-bond donors (Lipinski definition) is 1. The van der Waals surface area contributed by atoms with Gasteiger partial charge in [-0.2, -0.15) is 0 Å². The highest BCUT2D eigenvalue weighted by Gasteiger charge is 2.13. The van der Waals surface area contributed by atoms with Gasteiger partial charge in [0.05, 0.1) is 11.4 Å². The first kappa shape index (κ1) is 22.0. The normalized spacial score (nSPS) is 18.8. The van der Waals surface area contributed by atoms with Gasteiger partial charge in [-0.15, -0.1) is 0 Å². The van der Waals surface area contributed by atoms with Crippen molar-refractivity contribution in [2.45, 2.75) is 57.9 Å². The van der Waals surface area contributed by atoms with Gasteiger partial charge in [-0.1, -0.05) is 67.3 Å². The van der Waals surface area contributed by atoms with Gasteiger partial charge in [0, 0.05) is 24.7 Å². The number of nitrogens with zero attached hydrogens (tertiary/aromatic N) is 2. The van der Waals surface area contributed by atoms with Crippen LogP contribution >= 0.6 is 0 Å². The molecule has 4 rings (SSSR count). The van der Waals surface area contributed by atoms with Crippen molar-refractivity contribution in [2.24, 2.45) is 0 Å². The number of benzene rings is 1. The maximum atomic E-state index is 5.00. The Kier molecular flexibility index (Phi) is 8.09. The summed E-state index contributed by atoms with van der Waals surface area (Å²) in [6.07, 6.45) is 16.2. The van der Waals surface area contributed by atoms with Gasteiger partial charge in [0.1, 0.15) is 0 Å². The molecular formula is C28H37N3. The molecule has 0 atom stereocenters. The quantitative estimate of drug-likeness (QED) is 0.586. The first-order valence-electron chi connectivity index (χ1n) is 12.1. The fourth-order valence-electron chi connectivity index (χ4n) is 4.70. The lowest BCUT2D eigenvalue weighted by molar-refractivity contribution is 0.377. The Balaban J connectivity index is 1.47. The van der Waals surface area contributed by atoms with Crippen LogP contribution in [0.4, 0.5) is 0 Å². The Morgan fingerprint density at radius 3 is 2.55 bits per heavy atom. The van der Waals surface area contributed by atoms with E-state index in [1.807, 2.05) is 0 Å². The van der Waals surface area contributed by atoms with Crippen LogP contribution in [-0.2, 0) is 0 Å². The summed E-state index contributed by atoms with van der Waals surface area (Å²) in [5, 5.41) is 3.68. The van der Waals surface area contributed by atoms with E-state index in [-0.39, 0.29) is 0 Å². The number of nitrogens with one attached hydrogen (secondary N) is 1. The predicted octanol–water partition coefficient (Wildman–Crippen LogP) is 5.85. The van der Waals surface area contributed by atoms with Crippen molar-refractivity contribution in [3.8, 4) is 0 Å². The highest BCUT2D eigenvalue weighted by Crippen LogP contribution is 2.24. The number of rotatable bonds is 8. The van der Waals surface area contributed by atoms with E-state index in [1.54, 1.807) is 0 Å². The second-order valence-electron chi connectivity index (χ2n) is 9.08. The molecule has 1 aromatic carbocycles. The van der Waals surface area contributed by atoms with Gasteiger partial charge in [0.15, 0.2) is 0 Å². The fourth-order valence-corrected chi connectivity index (χ4v) is 4.70. The SMILES string of the molecule is Cc1ccc(/C(=C\CN2CCCC2)c2cccc(C=CCNC3CCCCC3)n2)cc1. The molecule has 31 heavy (non-hydrogen) atoms. The minimum atomic E-state index is 0.694. The second kappa shape index (κ2) is 11.4. The van der Waals surface area contributed by atoms with Crippen LogP contribution in [0.1, 0.15) is 67.5 Å². The number of hydrogen-bond acceptors (Lipinski definition) is 3. The van der Waals surface area contributed by atoms with Gasteiger partial charge in [0.25, 0.3) is 0 Å². The monoisotopic (exact) mass is 415 g/mol. The molecule has 0 spiro atoms. The van der Waals surface area contributed by atoms with Gasteiger partial charge >= 0.3 is 0 Å². The van der Waals surface area contributed by atoms with E-state index in [1.165, 1.54) is 74.7 Å². The second-order valence-corrected chi connectivity index (χ2v) is 9.08. The first-order chi connectivity index (χ1) is 15.3. The molecule has 1 N–H and O–H groups in total. The summed E-state index contributed by atoms with van der Waals surface area (Å²) in [5.74, 6) is 0. The molecule has 1 aromatic heterocycles. The molecule has 2 fully saturated rings. The van der Waals surface area contributed by atoms with E-state index in [0.717, 1.165) is 24.5 Å². The van der Waals surface area contributed by atoms with Crippen molar-refractivity contribution in [3.63, 3.8) is 0 Å². The Labute approximate surface area is 188 Å². The molecule has 2 aromatic rings. The highest BCUT2D eigenvalue weighted by molar-refractivity contribution is 5.78. The summed E-state index contributed by atoms with van der Waals surface area (Å²) < 4.78 is 0. The smallest absolute Gasteiger partial charge is 0.0712 e. The maximum Gasteiger partial charge on any atom is 0.0712 e. The Morgan fingerprint density at radius 2 is 1.77 bits per heavy atom. The lowest BCUT2D eigenvalue weighted by atomic mass is 9.95. The van der Waals surface area contributed by atoms with Gasteiger partial charge in [0.2, 0.25) is 0 Å². The molecule has 0 unspecified atom stereocenters. The van der Waals surface area contributed by atoms with Gasteiger partial charge in [-0.25, -0.2) is 4.98 Å². The van der Waals surface area contributed by atoms with E-state index >= 15 is 0 Å². The number of likely N-dealkylation sites (tertiary alicyclic amines) is 1. The summed E-state index contributed by atoms with van der Waals surface area (Å²) in [4.78, 5) is 7.54. The van der Waals surface area contributed by atoms with E-state index in [4.69, 9.17) is 4.98 Å². The van der Waals surface area contributed by atoms with E-state index in [2.05, 4.69) is 77.8 Å². The minimum absolute atomic E-state index is 0.694. The molecule has 1 saturated carbocycles. The maximum absolute atomic E-state index is 5.00. The third kappa shape index (κ3) is 6.62. The largest absolute Gasteiger partial charge is 0.311 e. The van der Waals surface area contributed by atoms with Gasteiger partial charge in [-0.05, 0) is 69.5 Å². The molecule has 1 saturated heterocycles. The average Bonchev–Trinajstić information content (AvgIpc) is 3.33. The third-order valence-corrected chi connectivity index (χ3v) is 6.58. The molecule has 0 amide bonds. The zero-order valence-corrected chi connectivity index (χ0v) is 19.0. The van der Waals surface area contributed by atoms with Crippen LogP contribution in [0.3, 0.4) is 0 Å². The summed E-state index contributed by atoms with van der Waals surface area (Å²) in [7, 11) is 0. The van der Waals surface area contributed by atoms with Crippen LogP contribution in [0.5, 0.6) is 0 Å². The standard InChI is InChI=1S/C28H37N3/c1-23-14-16-24(17-15-23)27(18-22-31-20-5-6-21-31)28-13-7-11-26(30-28)12-8-19-29-25-9-3-2-4-10-25/h7-8,11-18,25,29H,2-6,9-10,19-22H2,1H3/b12-8?,27-18+. The van der Waals surface area contributed by atoms with Crippen LogP contribution in [-0.4, -0.2) is 42.1 Å². The van der Waals surface area contributed by atoms with E-state index < -0.39 is 0 Å². The highest BCUT2D eigenvalue weighted by atomic mass is 15.1. The molecule has 164 valence electrons. The van der Waals surface area contributed by atoms with Crippen LogP contribution in [0.15, 0.2) is 54.6 Å². The van der Waals surface area contributed by atoms with E-state index in [9.17, 15) is 0 Å². The topological polar surface area (TPSA) is 28.2 Å². The summed E-state index contributed by atoms with van der Waals surface area (Å²) in [5.41, 5.74) is 5.87. The molecule has 0 radical (unpaired) electrons. The zero-order chi connectivity index (χ0) is 21.3. The molecule has 2 heterocycles. The summed E-state index contributed by atoms with van der Waals surface area (Å²) in [6, 6.07) is 15.9. The molecule has 3 nitrogen and oxygen atoms in total. The Bertz CT molecular complexity index is 869. The molecule has 0 bridgehead atoms. The number of aromatic nitrogens is 1. The van der Waals surface area contributed by atoms with Crippen molar-refractivity contribution in [2.75, 3.05) is 26.2 Å². The van der Waals surface area contributed by atoms with Crippen molar-refractivity contribution >= 4 is 11.6 Å². The van der Waals surface area contributed by atoms with Crippen molar-refractivity contribution in [3.05, 3.63) is 77.1 Å². The first-order valence-corrected chi connectivity index (χ1v) is 12.1. The number of pyridine rings is 1. The van der Waals surface area contributed by atoms with Crippen LogP contribution in [0.25, 0.3) is 11.6 Å². The zero-order valence-electron chi connectivity index (χ0n) is 19.0. The molecular weight excluding hydrogens is 378 g/mol. The lowest BCUT2D eigenvalue weighted by Crippen LogP contribution is -2.30. The minimum Gasteiger partial charge on any atom is -0.311 e. The Morgan fingerprint density at radius 1 is 1.00 bits per heavy atom. The molecule has 2 aliphatic rings. The van der Waals surface area contributed by atoms with Crippen LogP contribution < -0.4 is 5.32 Å².